The lowest BCUT2D eigenvalue weighted by molar-refractivity contribution is 0.100. The first kappa shape index (κ1) is 11.7. The molecule has 0 fully saturated rings. The van der Waals surface area contributed by atoms with E-state index in [1.165, 1.54) is 6.07 Å². The third-order valence-electron chi connectivity index (χ3n) is 2.19. The number of carbonyl (C=O) groups is 1. The fraction of sp³-hybridized carbons (Fsp3) is 0.0909. The van der Waals surface area contributed by atoms with Crippen LogP contribution in [0.5, 0.6) is 0 Å². The molecule has 2 rings (SSSR count). The summed E-state index contributed by atoms with van der Waals surface area (Å²) in [6, 6.07) is 3.46. The molecule has 0 unspecified atom stereocenters. The van der Waals surface area contributed by atoms with Gasteiger partial charge in [-0.2, -0.15) is 0 Å². The zero-order valence-electron chi connectivity index (χ0n) is 8.83. The van der Waals surface area contributed by atoms with Gasteiger partial charge in [-0.3, -0.25) is 4.79 Å². The Morgan fingerprint density at radius 2 is 2.06 bits per heavy atom. The summed E-state index contributed by atoms with van der Waals surface area (Å²) in [7, 11) is 0. The molecule has 0 radical (unpaired) electrons. The number of aromatic nitrogens is 1. The van der Waals surface area contributed by atoms with Crippen LogP contribution in [0.2, 0.25) is 0 Å². The predicted octanol–water partition coefficient (Wildman–Crippen LogP) is 2.50. The highest BCUT2D eigenvalue weighted by Gasteiger charge is 2.14. The predicted molar refractivity (Wildman–Crippen MR) is 60.7 cm³/mol. The Kier molecular flexibility index (Phi) is 2.89. The van der Waals surface area contributed by atoms with Crippen LogP contribution in [0.1, 0.15) is 15.4 Å². The molecule has 0 saturated carbocycles. The maximum absolute atomic E-state index is 13.0. The van der Waals surface area contributed by atoms with E-state index in [1.807, 2.05) is 0 Å². The quantitative estimate of drug-likeness (QED) is 0.895. The summed E-state index contributed by atoms with van der Waals surface area (Å²) in [5.41, 5.74) is 6.07. The number of thiazole rings is 1. The minimum atomic E-state index is -0.948. The van der Waals surface area contributed by atoms with Crippen molar-refractivity contribution in [3.05, 3.63) is 40.4 Å². The summed E-state index contributed by atoms with van der Waals surface area (Å²) in [6.07, 6.45) is 0. The molecule has 17 heavy (non-hydrogen) atoms. The lowest BCUT2D eigenvalue weighted by atomic mass is 10.2. The number of nitrogens with zero attached hydrogens (tertiary/aromatic N) is 1. The van der Waals surface area contributed by atoms with Crippen LogP contribution in [-0.4, -0.2) is 10.9 Å². The van der Waals surface area contributed by atoms with Gasteiger partial charge in [-0.05, 0) is 25.1 Å². The minimum absolute atomic E-state index is 0.324. The Hall–Kier alpha value is -1.82. The van der Waals surface area contributed by atoms with E-state index in [2.05, 4.69) is 4.98 Å². The second-order valence-corrected chi connectivity index (χ2v) is 4.43. The highest BCUT2D eigenvalue weighted by Crippen LogP contribution is 2.28. The van der Waals surface area contributed by atoms with Gasteiger partial charge in [0.05, 0.1) is 5.69 Å². The van der Waals surface area contributed by atoms with Crippen molar-refractivity contribution in [2.24, 2.45) is 5.73 Å². The number of halogens is 2. The van der Waals surface area contributed by atoms with Crippen LogP contribution >= 0.6 is 11.3 Å². The fourth-order valence-electron chi connectivity index (χ4n) is 1.38. The van der Waals surface area contributed by atoms with Crippen LogP contribution in [0.3, 0.4) is 0 Å². The summed E-state index contributed by atoms with van der Waals surface area (Å²) >= 11 is 1.06. The molecule has 1 aromatic carbocycles. The van der Waals surface area contributed by atoms with Gasteiger partial charge in [-0.15, -0.1) is 11.3 Å². The SMILES string of the molecule is Cc1nc(-c2ccc(F)c(F)c2)sc1C(N)=O. The molecule has 6 heteroatoms. The minimum Gasteiger partial charge on any atom is -0.365 e. The topological polar surface area (TPSA) is 56.0 Å². The van der Waals surface area contributed by atoms with Crippen LogP contribution in [0, 0.1) is 18.6 Å². The maximum Gasteiger partial charge on any atom is 0.260 e. The Bertz CT molecular complexity index is 595. The summed E-state index contributed by atoms with van der Waals surface area (Å²) in [6.45, 7) is 1.64. The number of benzene rings is 1. The highest BCUT2D eigenvalue weighted by atomic mass is 32.1. The number of hydrogen-bond acceptors (Lipinski definition) is 3. The molecule has 1 aromatic heterocycles. The summed E-state index contributed by atoms with van der Waals surface area (Å²) in [5, 5.41) is 0.440. The average molecular weight is 254 g/mol. The van der Waals surface area contributed by atoms with E-state index in [0.29, 0.717) is 21.1 Å². The highest BCUT2D eigenvalue weighted by molar-refractivity contribution is 7.17. The number of primary amides is 1. The van der Waals surface area contributed by atoms with Crippen molar-refractivity contribution in [1.82, 2.24) is 4.98 Å². The van der Waals surface area contributed by atoms with Crippen molar-refractivity contribution in [3.8, 4) is 10.6 Å². The Morgan fingerprint density at radius 3 is 2.59 bits per heavy atom. The number of carbonyl (C=O) groups excluding carboxylic acids is 1. The molecule has 0 saturated heterocycles. The molecule has 1 heterocycles. The van der Waals surface area contributed by atoms with Crippen molar-refractivity contribution in [2.75, 3.05) is 0 Å². The van der Waals surface area contributed by atoms with E-state index in [9.17, 15) is 13.6 Å². The summed E-state index contributed by atoms with van der Waals surface area (Å²) in [4.78, 5) is 15.5. The van der Waals surface area contributed by atoms with Gasteiger partial charge < -0.3 is 5.73 Å². The smallest absolute Gasteiger partial charge is 0.260 e. The molecule has 88 valence electrons. The van der Waals surface area contributed by atoms with Crippen molar-refractivity contribution in [2.45, 2.75) is 6.92 Å². The van der Waals surface area contributed by atoms with Crippen LogP contribution in [-0.2, 0) is 0 Å². The molecule has 0 spiro atoms. The molecule has 0 aliphatic rings. The lowest BCUT2D eigenvalue weighted by Crippen LogP contribution is -2.09. The van der Waals surface area contributed by atoms with Crippen LogP contribution in [0.4, 0.5) is 8.78 Å². The largest absolute Gasteiger partial charge is 0.365 e. The second kappa shape index (κ2) is 4.21. The number of rotatable bonds is 2. The van der Waals surface area contributed by atoms with Gasteiger partial charge in [-0.1, -0.05) is 0 Å². The second-order valence-electron chi connectivity index (χ2n) is 3.43. The lowest BCUT2D eigenvalue weighted by Gasteiger charge is -1.96. The standard InChI is InChI=1S/C11H8F2N2OS/c1-5-9(10(14)16)17-11(15-5)6-2-3-7(12)8(13)4-6/h2-4H,1H3,(H2,14,16). The van der Waals surface area contributed by atoms with Crippen molar-refractivity contribution in [1.29, 1.82) is 0 Å². The zero-order valence-corrected chi connectivity index (χ0v) is 9.65. The normalized spacial score (nSPS) is 10.5. The Balaban J connectivity index is 2.50. The number of hydrogen-bond donors (Lipinski definition) is 1. The first-order chi connectivity index (χ1) is 7.99. The molecule has 2 N–H and O–H groups in total. The van der Waals surface area contributed by atoms with Crippen molar-refractivity contribution >= 4 is 17.2 Å². The molecule has 0 aliphatic carbocycles. The van der Waals surface area contributed by atoms with E-state index < -0.39 is 17.5 Å². The van der Waals surface area contributed by atoms with Crippen LogP contribution in [0.15, 0.2) is 18.2 Å². The van der Waals surface area contributed by atoms with Gasteiger partial charge in [-0.25, -0.2) is 13.8 Å². The molecule has 3 nitrogen and oxygen atoms in total. The van der Waals surface area contributed by atoms with Gasteiger partial charge in [0, 0.05) is 5.56 Å². The third kappa shape index (κ3) is 2.16. The summed E-state index contributed by atoms with van der Waals surface area (Å²) < 4.78 is 25.8. The summed E-state index contributed by atoms with van der Waals surface area (Å²) in [5.74, 6) is -2.44. The number of amides is 1. The Morgan fingerprint density at radius 1 is 1.35 bits per heavy atom. The third-order valence-corrected chi connectivity index (χ3v) is 3.41. The molecule has 2 aromatic rings. The Labute approximate surface area is 99.9 Å². The molecular formula is C11H8F2N2OS. The zero-order chi connectivity index (χ0) is 12.6. The van der Waals surface area contributed by atoms with E-state index >= 15 is 0 Å². The van der Waals surface area contributed by atoms with E-state index in [4.69, 9.17) is 5.73 Å². The fourth-order valence-corrected chi connectivity index (χ4v) is 2.29. The monoisotopic (exact) mass is 254 g/mol. The van der Waals surface area contributed by atoms with E-state index in [1.54, 1.807) is 6.92 Å². The van der Waals surface area contributed by atoms with Gasteiger partial charge in [0.15, 0.2) is 11.6 Å². The van der Waals surface area contributed by atoms with Gasteiger partial charge >= 0.3 is 0 Å². The average Bonchev–Trinajstić information content (AvgIpc) is 2.64. The van der Waals surface area contributed by atoms with Gasteiger partial charge in [0.25, 0.3) is 5.91 Å². The van der Waals surface area contributed by atoms with Gasteiger partial charge in [0.2, 0.25) is 0 Å². The number of nitrogens with two attached hydrogens (primary N) is 1. The van der Waals surface area contributed by atoms with Crippen LogP contribution < -0.4 is 5.73 Å². The van der Waals surface area contributed by atoms with Gasteiger partial charge in [0.1, 0.15) is 9.88 Å². The molecule has 0 aliphatic heterocycles. The molecule has 0 bridgehead atoms. The number of aryl methyl sites for hydroxylation is 1. The van der Waals surface area contributed by atoms with E-state index in [0.717, 1.165) is 23.5 Å². The molecular weight excluding hydrogens is 246 g/mol. The van der Waals surface area contributed by atoms with Crippen LogP contribution in [0.25, 0.3) is 10.6 Å². The first-order valence-electron chi connectivity index (χ1n) is 4.71. The maximum atomic E-state index is 13.0. The van der Waals surface area contributed by atoms with E-state index in [-0.39, 0.29) is 0 Å². The molecule has 0 atom stereocenters. The molecule has 1 amide bonds. The first-order valence-corrected chi connectivity index (χ1v) is 5.53. The van der Waals surface area contributed by atoms with Crippen molar-refractivity contribution in [3.63, 3.8) is 0 Å². The van der Waals surface area contributed by atoms with Crippen molar-refractivity contribution < 1.29 is 13.6 Å².